The van der Waals surface area contributed by atoms with Crippen LogP contribution in [0.15, 0.2) is 46.1 Å². The third-order valence-corrected chi connectivity index (χ3v) is 5.75. The van der Waals surface area contributed by atoms with E-state index in [2.05, 4.69) is 20.8 Å². The molecule has 0 saturated carbocycles. The van der Waals surface area contributed by atoms with Crippen LogP contribution in [0.5, 0.6) is 0 Å². The van der Waals surface area contributed by atoms with Gasteiger partial charge in [-0.25, -0.2) is 0 Å². The van der Waals surface area contributed by atoms with E-state index in [4.69, 9.17) is 0 Å². The topological polar surface area (TPSA) is 84.0 Å². The van der Waals surface area contributed by atoms with Gasteiger partial charge in [0, 0.05) is 11.3 Å². The summed E-state index contributed by atoms with van der Waals surface area (Å²) in [6.45, 7) is 2.03. The molecule has 128 valence electrons. The van der Waals surface area contributed by atoms with E-state index in [-0.39, 0.29) is 11.8 Å². The van der Waals surface area contributed by atoms with Crippen molar-refractivity contribution < 1.29 is 9.59 Å². The summed E-state index contributed by atoms with van der Waals surface area (Å²) in [4.78, 5) is 25.1. The highest BCUT2D eigenvalue weighted by atomic mass is 32.2. The Labute approximate surface area is 156 Å². The summed E-state index contributed by atoms with van der Waals surface area (Å²) < 4.78 is 0.815. The predicted molar refractivity (Wildman–Crippen MR) is 103 cm³/mol. The smallest absolute Gasteiger partial charge is 0.265 e. The van der Waals surface area contributed by atoms with Gasteiger partial charge in [-0.1, -0.05) is 42.2 Å². The van der Waals surface area contributed by atoms with E-state index in [9.17, 15) is 9.59 Å². The molecule has 3 rings (SSSR count). The average molecular weight is 391 g/mol. The Balaban J connectivity index is 1.67. The molecule has 0 radical (unpaired) electrons. The van der Waals surface area contributed by atoms with Crippen LogP contribution in [0.3, 0.4) is 0 Å². The molecule has 2 amide bonds. The lowest BCUT2D eigenvalue weighted by Gasteiger charge is -2.06. The van der Waals surface area contributed by atoms with E-state index in [1.807, 2.05) is 18.4 Å². The van der Waals surface area contributed by atoms with Gasteiger partial charge < -0.3 is 5.32 Å². The maximum Gasteiger partial charge on any atom is 0.265 e. The standard InChI is InChI=1S/C16H14N4O2S3/c1-2-23-16-20-19-15(25-16)18-13(21)10-5-3-6-11(9-10)17-14(22)12-7-4-8-24-12/h3-9H,2H2,1H3,(H,17,22)(H,18,19,21). The first kappa shape index (κ1) is 17.6. The van der Waals surface area contributed by atoms with Crippen LogP contribution in [0.25, 0.3) is 0 Å². The Morgan fingerprint density at radius 1 is 1.12 bits per heavy atom. The molecule has 0 saturated heterocycles. The van der Waals surface area contributed by atoms with Crippen molar-refractivity contribution in [1.29, 1.82) is 0 Å². The van der Waals surface area contributed by atoms with E-state index in [1.54, 1.807) is 42.1 Å². The molecule has 0 atom stereocenters. The number of anilines is 2. The van der Waals surface area contributed by atoms with Gasteiger partial charge in [0.15, 0.2) is 4.34 Å². The van der Waals surface area contributed by atoms with Gasteiger partial charge in [-0.15, -0.1) is 21.5 Å². The van der Waals surface area contributed by atoms with Gasteiger partial charge in [0.2, 0.25) is 5.13 Å². The molecular formula is C16H14N4O2S3. The van der Waals surface area contributed by atoms with Crippen molar-refractivity contribution in [2.24, 2.45) is 0 Å². The summed E-state index contributed by atoms with van der Waals surface area (Å²) in [6, 6.07) is 10.3. The third kappa shape index (κ3) is 4.65. The molecule has 0 aliphatic heterocycles. The van der Waals surface area contributed by atoms with E-state index < -0.39 is 0 Å². The van der Waals surface area contributed by atoms with Crippen LogP contribution in [0.2, 0.25) is 0 Å². The summed E-state index contributed by atoms with van der Waals surface area (Å²) in [6.07, 6.45) is 0. The van der Waals surface area contributed by atoms with Crippen LogP contribution in [0.1, 0.15) is 27.0 Å². The van der Waals surface area contributed by atoms with E-state index in [1.165, 1.54) is 22.7 Å². The second-order valence-electron chi connectivity index (χ2n) is 4.77. The van der Waals surface area contributed by atoms with E-state index in [0.717, 1.165) is 10.1 Å². The van der Waals surface area contributed by atoms with Crippen molar-refractivity contribution in [1.82, 2.24) is 10.2 Å². The first-order chi connectivity index (χ1) is 12.2. The zero-order valence-electron chi connectivity index (χ0n) is 13.2. The van der Waals surface area contributed by atoms with Crippen molar-refractivity contribution in [2.75, 3.05) is 16.4 Å². The van der Waals surface area contributed by atoms with Gasteiger partial charge in [-0.3, -0.25) is 14.9 Å². The summed E-state index contributed by atoms with van der Waals surface area (Å²) in [7, 11) is 0. The number of nitrogens with zero attached hydrogens (tertiary/aromatic N) is 2. The molecule has 0 aliphatic carbocycles. The quantitative estimate of drug-likeness (QED) is 0.486. The van der Waals surface area contributed by atoms with Crippen LogP contribution >= 0.6 is 34.4 Å². The van der Waals surface area contributed by atoms with Gasteiger partial charge in [0.1, 0.15) is 0 Å². The van der Waals surface area contributed by atoms with Gasteiger partial charge >= 0.3 is 0 Å². The van der Waals surface area contributed by atoms with Crippen LogP contribution in [-0.2, 0) is 0 Å². The van der Waals surface area contributed by atoms with Crippen LogP contribution in [0, 0.1) is 0 Å². The highest BCUT2D eigenvalue weighted by molar-refractivity contribution is 8.01. The van der Waals surface area contributed by atoms with E-state index >= 15 is 0 Å². The predicted octanol–water partition coefficient (Wildman–Crippen LogP) is 4.22. The first-order valence-corrected chi connectivity index (χ1v) is 10.1. The minimum atomic E-state index is -0.295. The van der Waals surface area contributed by atoms with Crippen LogP contribution in [-0.4, -0.2) is 27.8 Å². The molecule has 6 nitrogen and oxygen atoms in total. The number of carbonyl (C=O) groups is 2. The van der Waals surface area contributed by atoms with Gasteiger partial charge in [0.25, 0.3) is 11.8 Å². The molecule has 0 bridgehead atoms. The molecule has 0 spiro atoms. The van der Waals surface area contributed by atoms with Crippen LogP contribution in [0.4, 0.5) is 10.8 Å². The highest BCUT2D eigenvalue weighted by Gasteiger charge is 2.12. The number of carbonyl (C=O) groups excluding carboxylic acids is 2. The molecule has 9 heteroatoms. The molecule has 0 unspecified atom stereocenters. The summed E-state index contributed by atoms with van der Waals surface area (Å²) in [5.41, 5.74) is 0.995. The largest absolute Gasteiger partial charge is 0.321 e. The lowest BCUT2D eigenvalue weighted by atomic mass is 10.2. The molecule has 25 heavy (non-hydrogen) atoms. The normalized spacial score (nSPS) is 10.4. The number of benzene rings is 1. The lowest BCUT2D eigenvalue weighted by molar-refractivity contribution is 0.101. The number of amides is 2. The van der Waals surface area contributed by atoms with Crippen molar-refractivity contribution in [2.45, 2.75) is 11.3 Å². The Hall–Kier alpha value is -2.23. The number of nitrogens with one attached hydrogen (secondary N) is 2. The fourth-order valence-corrected chi connectivity index (χ4v) is 4.21. The van der Waals surface area contributed by atoms with Crippen molar-refractivity contribution in [3.63, 3.8) is 0 Å². The number of thioether (sulfide) groups is 1. The van der Waals surface area contributed by atoms with Crippen molar-refractivity contribution >= 4 is 57.1 Å². The summed E-state index contributed by atoms with van der Waals surface area (Å²) in [5, 5.41) is 15.8. The fourth-order valence-electron chi connectivity index (χ4n) is 1.95. The molecule has 0 fully saturated rings. The molecule has 1 aromatic carbocycles. The highest BCUT2D eigenvalue weighted by Crippen LogP contribution is 2.25. The van der Waals surface area contributed by atoms with Crippen molar-refractivity contribution in [3.05, 3.63) is 52.2 Å². The third-order valence-electron chi connectivity index (χ3n) is 3.02. The monoisotopic (exact) mass is 390 g/mol. The average Bonchev–Trinajstić information content (AvgIpc) is 3.27. The molecule has 2 heterocycles. The number of hydrogen-bond donors (Lipinski definition) is 2. The summed E-state index contributed by atoms with van der Waals surface area (Å²) in [5.74, 6) is 0.406. The Morgan fingerprint density at radius 2 is 2.00 bits per heavy atom. The lowest BCUT2D eigenvalue weighted by Crippen LogP contribution is -2.14. The Kier molecular flexibility index (Phi) is 5.79. The Bertz CT molecular complexity index is 877. The molecular weight excluding hydrogens is 376 g/mol. The minimum absolute atomic E-state index is 0.196. The van der Waals surface area contributed by atoms with Gasteiger partial charge in [-0.2, -0.15) is 0 Å². The Morgan fingerprint density at radius 3 is 2.76 bits per heavy atom. The zero-order chi connectivity index (χ0) is 17.6. The molecule has 2 N–H and O–H groups in total. The van der Waals surface area contributed by atoms with Gasteiger partial charge in [-0.05, 0) is 35.4 Å². The first-order valence-electron chi connectivity index (χ1n) is 7.38. The fraction of sp³-hybridized carbons (Fsp3) is 0.125. The number of thiophene rings is 1. The second-order valence-corrected chi connectivity index (χ2v) is 8.21. The van der Waals surface area contributed by atoms with Crippen molar-refractivity contribution in [3.8, 4) is 0 Å². The maximum absolute atomic E-state index is 12.4. The number of aromatic nitrogens is 2. The maximum atomic E-state index is 12.4. The second kappa shape index (κ2) is 8.24. The zero-order valence-corrected chi connectivity index (χ0v) is 15.6. The SMILES string of the molecule is CCSc1nnc(NC(=O)c2cccc(NC(=O)c3cccs3)c2)s1. The summed E-state index contributed by atoms with van der Waals surface area (Å²) >= 11 is 4.27. The molecule has 0 aliphatic rings. The molecule has 3 aromatic rings. The minimum Gasteiger partial charge on any atom is -0.321 e. The van der Waals surface area contributed by atoms with E-state index in [0.29, 0.717) is 21.3 Å². The number of rotatable bonds is 6. The van der Waals surface area contributed by atoms with Crippen LogP contribution < -0.4 is 10.6 Å². The number of hydrogen-bond acceptors (Lipinski definition) is 7. The van der Waals surface area contributed by atoms with Gasteiger partial charge in [0.05, 0.1) is 4.88 Å². The molecule has 2 aromatic heterocycles.